The third kappa shape index (κ3) is 33.7. The number of alkyl halides is 7. The van der Waals surface area contributed by atoms with Gasteiger partial charge in [0.05, 0.1) is 37.4 Å². The molecule has 6 saturated heterocycles. The van der Waals surface area contributed by atoms with E-state index in [0.717, 1.165) is 21.5 Å². The standard InChI is InChI=1S/C13H27BN4O7S.C11H22BF3N4O6S.C11H23BF2N4O6S.C11H24BFN4O6S.C11H23BFN3O7S/c1-17(12(6-15)8-25-9-12)26(23,24)18-5-10(3-2-4-14(21)22)13(16,7-18)11(19)20;13-11(14,15)8(16)4-18-26(24,25)19-5-7(2-1-3-12(22)23)10(17,6-19)9(20)21;13-9(14)8(15)4-17-25(23,24)18-5-7(2-1-3-12(21)22)11(16,6-18)10(19)20;13-4-9(14)5-16-24(22,23)17-6-8(2-1-3-12(20)21)11(15,7-17)10(18)19;13-4-9(14)6-23-24(21,22)16-5-8(2-1-3-12(19)20)11(15,7-16)10(17)18/h10,21-22H,2-9,15-16H2,1H3,(H,19,20);7-8,18,22-23H,1-6,16-17H2,(H,20,21);7-9,17,21-22H,1-6,15-16H2,(H,19,20);8-9,16,20-21H,1-7,14-15H2,(H,18,19);8-9,19-20H,1-7,14-15H2,(H,17,18)/t10-,13-;7-,8?,10-;7-,8?,11-;2*8-,9?,11-/m00000/s1. The van der Waals surface area contributed by atoms with E-state index < -0.39 is 275 Å². The number of halogens is 7. The van der Waals surface area contributed by atoms with Crippen LogP contribution >= 0.6 is 0 Å². The molecule has 6 aliphatic heterocycles. The van der Waals surface area contributed by atoms with Crippen molar-refractivity contribution in [2.75, 3.05) is 132 Å². The number of carbonyl (C=O) groups is 5. The van der Waals surface area contributed by atoms with Gasteiger partial charge in [0.15, 0.2) is 0 Å². The Morgan fingerprint density at radius 2 is 0.728 bits per heavy atom. The van der Waals surface area contributed by atoms with Gasteiger partial charge in [-0.3, -0.25) is 28.2 Å². The summed E-state index contributed by atoms with van der Waals surface area (Å²) in [4.78, 5) is 57.6. The van der Waals surface area contributed by atoms with Gasteiger partial charge in [0.1, 0.15) is 47.1 Å². The van der Waals surface area contributed by atoms with Gasteiger partial charge in [-0.2, -0.15) is 81.1 Å². The van der Waals surface area contributed by atoms with Gasteiger partial charge in [0.2, 0.25) is 0 Å². The average molecular weight is 1930 g/mol. The molecular weight excluding hydrogens is 1810 g/mol. The SMILES string of the molecule is CN(C1(CN)COC1)S(=O)(=O)N1C[C@H](CCCB(O)O)[C@](N)(C(=O)O)C1.NC(CF)CNS(=O)(=O)N1C[C@H](CCCB(O)O)[C@](N)(C(=O)O)C1.NC(CF)COS(=O)(=O)N1C[C@H](CCCB(O)O)[C@](N)(C(=O)O)C1.NC(CNS(=O)(=O)N1C[C@H](CCCB(O)O)[C@](N)(C(=O)O)C1)C(F)(F)F.NC(CNS(=O)(=O)N1C[C@H](CCCB(O)O)[C@](N)(C(=O)O)C1)C(F)F. The maximum Gasteiger partial charge on any atom is 0.451 e. The van der Waals surface area contributed by atoms with Crippen molar-refractivity contribution >= 4 is 117 Å². The minimum atomic E-state index is -4.79. The number of nitrogens with zero attached hydrogens (tertiary/aromatic N) is 6. The first-order chi connectivity index (χ1) is 57.1. The van der Waals surface area contributed by atoms with Crippen LogP contribution in [0.1, 0.15) is 64.2 Å². The number of rotatable bonds is 48. The predicted octanol–water partition coefficient (Wildman–Crippen LogP) is -13.5. The van der Waals surface area contributed by atoms with Crippen molar-refractivity contribution in [3.8, 4) is 0 Å². The molecule has 68 heteroatoms. The van der Waals surface area contributed by atoms with E-state index in [0.29, 0.717) is 10.7 Å². The Morgan fingerprint density at radius 3 is 0.976 bits per heavy atom. The van der Waals surface area contributed by atoms with Crippen LogP contribution in [-0.4, -0.2) is 411 Å². The van der Waals surface area contributed by atoms with Crippen LogP contribution in [0.2, 0.25) is 31.6 Å². The fourth-order valence-electron chi connectivity index (χ4n) is 13.7. The molecule has 51 nitrogen and oxygen atoms in total. The van der Waals surface area contributed by atoms with Crippen LogP contribution < -0.4 is 71.5 Å². The highest BCUT2D eigenvalue weighted by Gasteiger charge is 2.59. The third-order valence-corrected chi connectivity index (χ3v) is 29.7. The zero-order chi connectivity index (χ0) is 96.6. The molecule has 0 aromatic rings. The first-order valence-corrected chi connectivity index (χ1v) is 45.5. The molecule has 6 rings (SSSR count). The Labute approximate surface area is 719 Å². The highest BCUT2D eigenvalue weighted by molar-refractivity contribution is 7.88. The monoisotopic (exact) mass is 1930 g/mol. The lowest BCUT2D eigenvalue weighted by Gasteiger charge is -2.47. The molecule has 0 spiro atoms. The second-order valence-corrected chi connectivity index (χ2v) is 40.2. The van der Waals surface area contributed by atoms with Crippen molar-refractivity contribution in [1.29, 1.82) is 0 Å². The van der Waals surface area contributed by atoms with Gasteiger partial charge in [0, 0.05) is 134 Å². The van der Waals surface area contributed by atoms with Crippen LogP contribution in [0.25, 0.3) is 0 Å². The second kappa shape index (κ2) is 49.4. The number of carboxylic acid groups (broad SMARTS) is 5. The van der Waals surface area contributed by atoms with Gasteiger partial charge < -0.3 is 138 Å². The van der Waals surface area contributed by atoms with E-state index in [-0.39, 0.29) is 155 Å². The van der Waals surface area contributed by atoms with E-state index in [4.69, 9.17) is 112 Å². The van der Waals surface area contributed by atoms with E-state index in [1.54, 1.807) is 4.72 Å². The van der Waals surface area contributed by atoms with Crippen LogP contribution in [-0.2, 0) is 84.0 Å². The van der Waals surface area contributed by atoms with E-state index in [2.05, 4.69) is 8.91 Å². The van der Waals surface area contributed by atoms with Crippen molar-refractivity contribution in [3.63, 3.8) is 0 Å². The number of nitrogens with one attached hydrogen (secondary N) is 3. The Balaban J connectivity index is 0.000000529. The molecule has 125 heavy (non-hydrogen) atoms. The Bertz CT molecular complexity index is 3940. The average Bonchev–Trinajstić information content (AvgIpc) is 1.59. The number of hydrogen-bond donors (Lipinski definition) is 28. The maximum absolute atomic E-state index is 13.0. The fraction of sp³-hybridized carbons (Fsp3) is 0.912. The number of likely N-dealkylation sites (N-methyl/N-ethyl adjacent to an activating group) is 1. The van der Waals surface area contributed by atoms with E-state index in [1.807, 2.05) is 4.72 Å². The lowest BCUT2D eigenvalue weighted by Crippen LogP contribution is -2.68. The first kappa shape index (κ1) is 117. The molecule has 6 fully saturated rings. The van der Waals surface area contributed by atoms with Gasteiger partial charge in [-0.25, -0.2) is 31.7 Å². The van der Waals surface area contributed by atoms with Crippen LogP contribution in [0.15, 0.2) is 0 Å². The number of aliphatic carboxylic acids is 5. The lowest BCUT2D eigenvalue weighted by molar-refractivity contribution is -0.146. The summed E-state index contributed by atoms with van der Waals surface area (Å²) in [5.41, 5.74) is 45.7. The summed E-state index contributed by atoms with van der Waals surface area (Å²) < 4.78 is 231. The minimum absolute atomic E-state index is 0.0135. The summed E-state index contributed by atoms with van der Waals surface area (Å²) in [7, 11) is -27.3. The molecular formula is C57H119B5F7N19O32S5. The predicted molar refractivity (Wildman–Crippen MR) is 430 cm³/mol. The third-order valence-electron chi connectivity index (χ3n) is 21.9. The molecule has 728 valence electrons. The van der Waals surface area contributed by atoms with Crippen LogP contribution in [0.3, 0.4) is 0 Å². The van der Waals surface area contributed by atoms with E-state index in [1.165, 1.54) is 7.05 Å². The molecule has 0 bridgehead atoms. The summed E-state index contributed by atoms with van der Waals surface area (Å²) >= 11 is 0. The van der Waals surface area contributed by atoms with Crippen molar-refractivity contribution in [2.24, 2.45) is 86.9 Å². The molecule has 14 atom stereocenters. The number of nitrogens with two attached hydrogens (primary N) is 10. The van der Waals surface area contributed by atoms with Gasteiger partial charge >= 0.3 is 81.9 Å². The quantitative estimate of drug-likeness (QED) is 0.0199. The minimum Gasteiger partial charge on any atom is -0.480 e. The van der Waals surface area contributed by atoms with Gasteiger partial charge in [0.25, 0.3) is 47.3 Å². The van der Waals surface area contributed by atoms with E-state index in [9.17, 15) is 122 Å². The Hall–Kier alpha value is -4.31. The highest BCUT2D eigenvalue weighted by Crippen LogP contribution is 2.39. The molecule has 0 aromatic heterocycles. The summed E-state index contributed by atoms with van der Waals surface area (Å²) in [6.45, 7) is -7.53. The van der Waals surface area contributed by atoms with Crippen molar-refractivity contribution in [3.05, 3.63) is 0 Å². The molecule has 0 amide bonds. The summed E-state index contributed by atoms with van der Waals surface area (Å²) in [5.74, 6) is -10.6. The zero-order valence-electron chi connectivity index (χ0n) is 68.0. The van der Waals surface area contributed by atoms with E-state index >= 15 is 0 Å². The molecule has 0 aromatic carbocycles. The van der Waals surface area contributed by atoms with Crippen molar-refractivity contribution < 1.29 is 181 Å². The van der Waals surface area contributed by atoms with Gasteiger partial charge in [-0.1, -0.05) is 32.1 Å². The molecule has 38 N–H and O–H groups in total. The Morgan fingerprint density at radius 1 is 0.464 bits per heavy atom. The molecule has 0 radical (unpaired) electrons. The Kier molecular flexibility index (Phi) is 46.2. The second-order valence-electron chi connectivity index (χ2n) is 31.4. The lowest BCUT2D eigenvalue weighted by atomic mass is 9.78. The van der Waals surface area contributed by atoms with Crippen molar-refractivity contribution in [2.45, 2.75) is 166 Å². The number of hydrogen-bond acceptors (Lipinski definition) is 37. The van der Waals surface area contributed by atoms with Crippen LogP contribution in [0, 0.1) is 29.6 Å². The summed E-state index contributed by atoms with van der Waals surface area (Å²) in [6.07, 6.45) is -5.48. The van der Waals surface area contributed by atoms with Gasteiger partial charge in [-0.15, -0.1) is 0 Å². The molecule has 0 saturated carbocycles. The maximum atomic E-state index is 13.0. The topological polar surface area (TPSA) is 894 Å². The summed E-state index contributed by atoms with van der Waals surface area (Å²) in [6, 6.07) is -6.21. The van der Waals surface area contributed by atoms with Gasteiger partial charge in [-0.05, 0) is 63.7 Å². The van der Waals surface area contributed by atoms with Crippen LogP contribution in [0.4, 0.5) is 30.7 Å². The summed E-state index contributed by atoms with van der Waals surface area (Å²) in [5, 5.41) is 135. The number of carboxylic acids is 5. The highest BCUT2D eigenvalue weighted by atomic mass is 32.2. The molecule has 6 aliphatic rings. The number of ether oxygens (including phenoxy) is 1. The molecule has 4 unspecified atom stereocenters. The molecule has 6 heterocycles. The molecule has 0 aliphatic carbocycles. The van der Waals surface area contributed by atoms with Crippen LogP contribution in [0.5, 0.6) is 0 Å². The fourth-order valence-corrected chi connectivity index (χ4v) is 20.7. The normalized spacial score (nSPS) is 26.8. The first-order valence-electron chi connectivity index (χ1n) is 38.5. The van der Waals surface area contributed by atoms with Crippen molar-refractivity contribution in [1.82, 2.24) is 40.0 Å². The largest absolute Gasteiger partial charge is 0.480 e. The zero-order valence-corrected chi connectivity index (χ0v) is 72.1. The smallest absolute Gasteiger partial charge is 0.451 e.